The summed E-state index contributed by atoms with van der Waals surface area (Å²) in [5, 5.41) is 12.5. The summed E-state index contributed by atoms with van der Waals surface area (Å²) in [4.78, 5) is 4.12. The highest BCUT2D eigenvalue weighted by Crippen LogP contribution is 2.22. The maximum atomic E-state index is 5.21. The van der Waals surface area contributed by atoms with Crippen molar-refractivity contribution in [2.24, 2.45) is 0 Å². The molecule has 0 unspecified atom stereocenters. The average molecular weight is 374 g/mol. The van der Waals surface area contributed by atoms with E-state index in [1.54, 1.807) is 12.0 Å². The van der Waals surface area contributed by atoms with Crippen molar-refractivity contribution in [3.63, 3.8) is 0 Å². The van der Waals surface area contributed by atoms with Crippen LogP contribution >= 0.6 is 0 Å². The summed E-state index contributed by atoms with van der Waals surface area (Å²) >= 11 is 0. The van der Waals surface area contributed by atoms with E-state index in [4.69, 9.17) is 4.74 Å². The van der Waals surface area contributed by atoms with Crippen LogP contribution in [-0.2, 0) is 11.3 Å². The molecule has 0 bridgehead atoms. The molecule has 1 N–H and O–H groups in total. The van der Waals surface area contributed by atoms with Gasteiger partial charge in [-0.3, -0.25) is 0 Å². The van der Waals surface area contributed by atoms with Gasteiger partial charge in [0.05, 0.1) is 39.3 Å². The molecule has 148 valence electrons. The molecule has 2 aromatic rings. The van der Waals surface area contributed by atoms with Gasteiger partial charge in [-0.1, -0.05) is 25.5 Å². The number of benzene rings is 1. The van der Waals surface area contributed by atoms with Crippen LogP contribution in [0.25, 0.3) is 0 Å². The monoisotopic (exact) mass is 373 g/mol. The molecular formula is C20H33N6O+. The lowest BCUT2D eigenvalue weighted by Gasteiger charge is -2.37. The Hall–Kier alpha value is -1.99. The molecule has 1 aliphatic heterocycles. The first-order valence-electron chi connectivity index (χ1n) is 10.1. The molecular weight excluding hydrogens is 340 g/mol. The van der Waals surface area contributed by atoms with Gasteiger partial charge in [0.25, 0.3) is 0 Å². The van der Waals surface area contributed by atoms with Crippen molar-refractivity contribution in [1.29, 1.82) is 0 Å². The first-order valence-corrected chi connectivity index (χ1v) is 10.1. The Labute approximate surface area is 162 Å². The molecule has 7 nitrogen and oxygen atoms in total. The molecule has 1 aromatic heterocycles. The van der Waals surface area contributed by atoms with Crippen molar-refractivity contribution in [3.05, 3.63) is 35.2 Å². The van der Waals surface area contributed by atoms with Crippen LogP contribution in [0.3, 0.4) is 0 Å². The Morgan fingerprint density at radius 1 is 1.22 bits per heavy atom. The van der Waals surface area contributed by atoms with E-state index < -0.39 is 0 Å². The van der Waals surface area contributed by atoms with Gasteiger partial charge in [-0.25, -0.2) is 4.68 Å². The Balaban J connectivity index is 1.70. The predicted molar refractivity (Wildman–Crippen MR) is 106 cm³/mol. The summed E-state index contributed by atoms with van der Waals surface area (Å²) < 4.78 is 7.13. The van der Waals surface area contributed by atoms with E-state index in [-0.39, 0.29) is 0 Å². The zero-order valence-electron chi connectivity index (χ0n) is 17.1. The lowest BCUT2D eigenvalue weighted by atomic mass is 10.1. The summed E-state index contributed by atoms with van der Waals surface area (Å²) in [5.74, 6) is 1.00. The van der Waals surface area contributed by atoms with Gasteiger partial charge in [0.2, 0.25) is 5.82 Å². The maximum absolute atomic E-state index is 5.21. The molecule has 2 heterocycles. The van der Waals surface area contributed by atoms with Gasteiger partial charge in [0, 0.05) is 19.2 Å². The molecule has 0 amide bonds. The highest BCUT2D eigenvalue weighted by Gasteiger charge is 2.32. The summed E-state index contributed by atoms with van der Waals surface area (Å²) in [7, 11) is 1.71. The van der Waals surface area contributed by atoms with Crippen molar-refractivity contribution in [2.45, 2.75) is 46.2 Å². The molecule has 1 aliphatic rings. The second-order valence-corrected chi connectivity index (χ2v) is 7.53. The molecule has 7 heteroatoms. The number of ether oxygens (including phenoxy) is 1. The number of quaternary nitrogens is 1. The van der Waals surface area contributed by atoms with Crippen molar-refractivity contribution < 1.29 is 9.64 Å². The van der Waals surface area contributed by atoms with Gasteiger partial charge in [-0.15, -0.1) is 5.10 Å². The quantitative estimate of drug-likeness (QED) is 0.753. The third-order valence-electron chi connectivity index (χ3n) is 5.56. The molecule has 3 rings (SSSR count). The van der Waals surface area contributed by atoms with E-state index in [0.717, 1.165) is 44.8 Å². The minimum atomic E-state index is 0.350. The molecule has 27 heavy (non-hydrogen) atoms. The van der Waals surface area contributed by atoms with Crippen LogP contribution in [0.4, 0.5) is 5.69 Å². The third-order valence-corrected chi connectivity index (χ3v) is 5.56. The number of piperazine rings is 1. The van der Waals surface area contributed by atoms with Crippen molar-refractivity contribution in [1.82, 2.24) is 20.2 Å². The second kappa shape index (κ2) is 9.28. The van der Waals surface area contributed by atoms with Crippen LogP contribution in [0.15, 0.2) is 18.2 Å². The number of nitrogens with one attached hydrogen (secondary N) is 1. The van der Waals surface area contributed by atoms with Gasteiger partial charge in [-0.05, 0) is 41.5 Å². The van der Waals surface area contributed by atoms with Crippen LogP contribution in [0.2, 0.25) is 0 Å². The summed E-state index contributed by atoms with van der Waals surface area (Å²) in [5.41, 5.74) is 4.07. The van der Waals surface area contributed by atoms with Gasteiger partial charge < -0.3 is 14.5 Å². The van der Waals surface area contributed by atoms with E-state index in [0.29, 0.717) is 19.2 Å². The second-order valence-electron chi connectivity index (χ2n) is 7.53. The van der Waals surface area contributed by atoms with E-state index >= 15 is 0 Å². The Bertz CT molecular complexity index is 723. The van der Waals surface area contributed by atoms with Gasteiger partial charge in [-0.2, -0.15) is 0 Å². The average Bonchev–Trinajstić information content (AvgIpc) is 3.15. The topological polar surface area (TPSA) is 60.5 Å². The van der Waals surface area contributed by atoms with Gasteiger partial charge in [0.15, 0.2) is 0 Å². The number of aryl methyl sites for hydroxylation is 2. The Morgan fingerprint density at radius 3 is 2.70 bits per heavy atom. The Kier molecular flexibility index (Phi) is 6.79. The minimum absolute atomic E-state index is 0.350. The molecule has 0 aliphatic carbocycles. The third kappa shape index (κ3) is 4.65. The van der Waals surface area contributed by atoms with Crippen LogP contribution in [-0.4, -0.2) is 60.1 Å². The number of anilines is 1. The van der Waals surface area contributed by atoms with E-state index in [9.17, 15) is 0 Å². The largest absolute Gasteiger partial charge is 0.383 e. The molecule has 0 spiro atoms. The van der Waals surface area contributed by atoms with Crippen molar-refractivity contribution >= 4 is 5.69 Å². The lowest BCUT2D eigenvalue weighted by molar-refractivity contribution is -0.933. The normalized spacial score (nSPS) is 16.7. The van der Waals surface area contributed by atoms with Crippen molar-refractivity contribution in [2.75, 3.05) is 44.8 Å². The molecule has 1 aromatic carbocycles. The zero-order chi connectivity index (χ0) is 19.2. The number of aromatic nitrogens is 4. The summed E-state index contributed by atoms with van der Waals surface area (Å²) in [6, 6.07) is 7.09. The number of hydrogen-bond donors (Lipinski definition) is 1. The number of methoxy groups -OCH3 is 1. The first-order chi connectivity index (χ1) is 13.1. The number of rotatable bonds is 8. The van der Waals surface area contributed by atoms with Crippen LogP contribution in [0, 0.1) is 13.8 Å². The minimum Gasteiger partial charge on any atom is -0.383 e. The van der Waals surface area contributed by atoms with Crippen LogP contribution in [0.5, 0.6) is 0 Å². The number of tetrazole rings is 1. The standard InChI is InChI=1S/C20H32N6O/c1-5-6-18(20-21-22-23-26(20)13-14-27-4)24-9-11-25(12-10-24)19-15-16(2)7-8-17(19)3/h7-8,15,18H,5-6,9-14H2,1-4H3/p+1/t18-/m0/s1. The number of nitrogens with zero attached hydrogens (tertiary/aromatic N) is 5. The van der Waals surface area contributed by atoms with Gasteiger partial charge >= 0.3 is 0 Å². The molecule has 0 radical (unpaired) electrons. The molecule has 1 saturated heterocycles. The summed E-state index contributed by atoms with van der Waals surface area (Å²) in [6.45, 7) is 12.3. The first kappa shape index (κ1) is 19.8. The van der Waals surface area contributed by atoms with Crippen molar-refractivity contribution in [3.8, 4) is 0 Å². The number of hydrogen-bond acceptors (Lipinski definition) is 5. The van der Waals surface area contributed by atoms with E-state index in [1.807, 2.05) is 4.68 Å². The van der Waals surface area contributed by atoms with Gasteiger partial charge in [0.1, 0.15) is 6.04 Å². The predicted octanol–water partition coefficient (Wildman–Crippen LogP) is 1.18. The molecule has 1 fully saturated rings. The molecule has 1 atom stereocenters. The Morgan fingerprint density at radius 2 is 2.00 bits per heavy atom. The smallest absolute Gasteiger partial charge is 0.209 e. The maximum Gasteiger partial charge on any atom is 0.209 e. The SMILES string of the molecule is CCC[C@@H](c1nnnn1CCOC)[NH+]1CCN(c2cc(C)ccc2C)CC1. The van der Waals surface area contributed by atoms with E-state index in [2.05, 4.69) is 59.4 Å². The molecule has 0 saturated carbocycles. The van der Waals surface area contributed by atoms with E-state index in [1.165, 1.54) is 16.8 Å². The fourth-order valence-corrected chi connectivity index (χ4v) is 4.05. The lowest BCUT2D eigenvalue weighted by Crippen LogP contribution is -3.15. The fourth-order valence-electron chi connectivity index (χ4n) is 4.05. The fraction of sp³-hybridized carbons (Fsp3) is 0.650. The van der Waals surface area contributed by atoms with Crippen LogP contribution in [0.1, 0.15) is 42.8 Å². The highest BCUT2D eigenvalue weighted by atomic mass is 16.5. The highest BCUT2D eigenvalue weighted by molar-refractivity contribution is 5.55. The van der Waals surface area contributed by atoms with Crippen LogP contribution < -0.4 is 9.80 Å². The zero-order valence-corrected chi connectivity index (χ0v) is 17.1. The summed E-state index contributed by atoms with van der Waals surface area (Å²) in [6.07, 6.45) is 2.23.